The number of benzene rings is 1. The molecule has 0 heterocycles. The number of unbranched alkanes of at least 4 members (excludes halogenated alkanes) is 1. The maximum absolute atomic E-state index is 12.9. The Morgan fingerprint density at radius 3 is 2.39 bits per heavy atom. The Kier molecular flexibility index (Phi) is 6.15. The molecule has 1 rings (SSSR count). The molecule has 1 N–H and O–H groups in total. The predicted molar refractivity (Wildman–Crippen MR) is 64.4 cm³/mol. The van der Waals surface area contributed by atoms with Crippen molar-refractivity contribution in [2.24, 2.45) is 0 Å². The first-order chi connectivity index (χ1) is 8.55. The van der Waals surface area contributed by atoms with Crippen LogP contribution in [-0.2, 0) is 4.74 Å². The van der Waals surface area contributed by atoms with Crippen molar-refractivity contribution < 1.29 is 17.9 Å². The lowest BCUT2D eigenvalue weighted by molar-refractivity contribution is -0.157. The minimum atomic E-state index is -4.28. The van der Waals surface area contributed by atoms with Gasteiger partial charge in [-0.3, -0.25) is 0 Å². The average Bonchev–Trinajstić information content (AvgIpc) is 2.33. The van der Waals surface area contributed by atoms with Gasteiger partial charge in [-0.05, 0) is 24.9 Å². The van der Waals surface area contributed by atoms with E-state index < -0.39 is 12.2 Å². The van der Waals surface area contributed by atoms with Crippen molar-refractivity contribution in [3.63, 3.8) is 0 Å². The van der Waals surface area contributed by atoms with Crippen molar-refractivity contribution in [1.82, 2.24) is 5.32 Å². The van der Waals surface area contributed by atoms with Gasteiger partial charge in [0.2, 0.25) is 0 Å². The fraction of sp³-hybridized carbons (Fsp3) is 0.538. The van der Waals surface area contributed by atoms with Gasteiger partial charge in [0.05, 0.1) is 0 Å². The molecule has 0 bridgehead atoms. The summed E-state index contributed by atoms with van der Waals surface area (Å²) in [6.07, 6.45) is -2.86. The van der Waals surface area contributed by atoms with E-state index in [1.165, 1.54) is 12.1 Å². The number of alkyl halides is 3. The highest BCUT2D eigenvalue weighted by Gasteiger charge is 2.40. The third-order valence-corrected chi connectivity index (χ3v) is 2.58. The lowest BCUT2D eigenvalue weighted by Gasteiger charge is -2.22. The molecule has 1 aromatic carbocycles. The molecule has 0 amide bonds. The molecule has 0 fully saturated rings. The molecule has 0 radical (unpaired) electrons. The molecule has 1 atom stereocenters. The Hall–Kier alpha value is -1.07. The van der Waals surface area contributed by atoms with Crippen molar-refractivity contribution in [1.29, 1.82) is 0 Å². The second kappa shape index (κ2) is 7.38. The minimum absolute atomic E-state index is 0.247. The minimum Gasteiger partial charge on any atom is -0.385 e. The van der Waals surface area contributed by atoms with Gasteiger partial charge in [0.15, 0.2) is 0 Å². The van der Waals surface area contributed by atoms with Gasteiger partial charge in [-0.15, -0.1) is 0 Å². The van der Waals surface area contributed by atoms with Gasteiger partial charge in [0.1, 0.15) is 6.04 Å². The van der Waals surface area contributed by atoms with E-state index in [0.29, 0.717) is 19.6 Å². The van der Waals surface area contributed by atoms with Gasteiger partial charge >= 0.3 is 6.18 Å². The molecule has 0 aliphatic heterocycles. The molecule has 0 aromatic heterocycles. The van der Waals surface area contributed by atoms with Crippen molar-refractivity contribution in [3.05, 3.63) is 35.9 Å². The molecule has 18 heavy (non-hydrogen) atoms. The van der Waals surface area contributed by atoms with E-state index in [9.17, 15) is 13.2 Å². The fourth-order valence-electron chi connectivity index (χ4n) is 1.69. The van der Waals surface area contributed by atoms with Crippen LogP contribution in [0.5, 0.6) is 0 Å². The van der Waals surface area contributed by atoms with Crippen molar-refractivity contribution in [2.45, 2.75) is 25.1 Å². The highest BCUT2D eigenvalue weighted by Crippen LogP contribution is 2.32. The summed E-state index contributed by atoms with van der Waals surface area (Å²) in [5.74, 6) is 0. The molecule has 0 saturated carbocycles. The van der Waals surface area contributed by atoms with Crippen LogP contribution < -0.4 is 5.32 Å². The Balaban J connectivity index is 2.53. The number of hydrogen-bond donors (Lipinski definition) is 1. The van der Waals surface area contributed by atoms with Crippen LogP contribution in [0.15, 0.2) is 30.3 Å². The molecular weight excluding hydrogens is 243 g/mol. The molecule has 5 heteroatoms. The van der Waals surface area contributed by atoms with E-state index in [1.54, 1.807) is 25.3 Å². The van der Waals surface area contributed by atoms with Crippen LogP contribution in [0.4, 0.5) is 13.2 Å². The Labute approximate surface area is 105 Å². The summed E-state index contributed by atoms with van der Waals surface area (Å²) in [5.41, 5.74) is 0.247. The van der Waals surface area contributed by atoms with E-state index in [-0.39, 0.29) is 5.56 Å². The quantitative estimate of drug-likeness (QED) is 0.760. The first-order valence-corrected chi connectivity index (χ1v) is 5.89. The molecular formula is C13H18F3NO. The first-order valence-electron chi connectivity index (χ1n) is 5.89. The summed E-state index contributed by atoms with van der Waals surface area (Å²) >= 11 is 0. The monoisotopic (exact) mass is 261 g/mol. The SMILES string of the molecule is COCCCCNC(c1ccccc1)C(F)(F)F. The molecule has 0 aliphatic carbocycles. The zero-order valence-corrected chi connectivity index (χ0v) is 10.3. The standard InChI is InChI=1S/C13H18F3NO/c1-18-10-6-5-9-17-12(13(14,15)16)11-7-3-2-4-8-11/h2-4,7-8,12,17H,5-6,9-10H2,1H3. The summed E-state index contributed by atoms with van der Waals surface area (Å²) in [6.45, 7) is 0.895. The fourth-order valence-corrected chi connectivity index (χ4v) is 1.69. The van der Waals surface area contributed by atoms with Gasteiger partial charge < -0.3 is 10.1 Å². The Morgan fingerprint density at radius 1 is 1.17 bits per heavy atom. The number of hydrogen-bond acceptors (Lipinski definition) is 2. The molecule has 0 saturated heterocycles. The van der Waals surface area contributed by atoms with Crippen LogP contribution >= 0.6 is 0 Å². The van der Waals surface area contributed by atoms with Crippen LogP contribution in [0, 0.1) is 0 Å². The number of nitrogens with one attached hydrogen (secondary N) is 1. The van der Waals surface area contributed by atoms with Crippen LogP contribution in [-0.4, -0.2) is 26.4 Å². The third kappa shape index (κ3) is 5.06. The molecule has 2 nitrogen and oxygen atoms in total. The topological polar surface area (TPSA) is 21.3 Å². The number of methoxy groups -OCH3 is 1. The molecule has 0 aliphatic rings. The van der Waals surface area contributed by atoms with E-state index in [4.69, 9.17) is 4.74 Å². The Morgan fingerprint density at radius 2 is 1.83 bits per heavy atom. The zero-order chi connectivity index (χ0) is 13.4. The first kappa shape index (κ1) is 15.0. The van der Waals surface area contributed by atoms with Gasteiger partial charge in [0.25, 0.3) is 0 Å². The van der Waals surface area contributed by atoms with E-state index in [2.05, 4.69) is 5.32 Å². The van der Waals surface area contributed by atoms with Crippen LogP contribution in [0.2, 0.25) is 0 Å². The van der Waals surface area contributed by atoms with E-state index in [1.807, 2.05) is 0 Å². The van der Waals surface area contributed by atoms with Gasteiger partial charge in [0, 0.05) is 13.7 Å². The third-order valence-electron chi connectivity index (χ3n) is 2.58. The summed E-state index contributed by atoms with van der Waals surface area (Å²) in [4.78, 5) is 0. The zero-order valence-electron chi connectivity index (χ0n) is 10.3. The normalized spacial score (nSPS) is 13.6. The van der Waals surface area contributed by atoms with Gasteiger partial charge in [-0.25, -0.2) is 0 Å². The predicted octanol–water partition coefficient (Wildman–Crippen LogP) is 3.31. The highest BCUT2D eigenvalue weighted by atomic mass is 19.4. The van der Waals surface area contributed by atoms with Crippen LogP contribution in [0.3, 0.4) is 0 Å². The molecule has 1 aromatic rings. The summed E-state index contributed by atoms with van der Waals surface area (Å²) in [7, 11) is 1.58. The maximum Gasteiger partial charge on any atom is 0.407 e. The second-order valence-electron chi connectivity index (χ2n) is 4.04. The highest BCUT2D eigenvalue weighted by molar-refractivity contribution is 5.20. The molecule has 102 valence electrons. The summed E-state index contributed by atoms with van der Waals surface area (Å²) < 4.78 is 43.5. The lowest BCUT2D eigenvalue weighted by atomic mass is 10.1. The second-order valence-corrected chi connectivity index (χ2v) is 4.04. The van der Waals surface area contributed by atoms with Crippen LogP contribution in [0.25, 0.3) is 0 Å². The summed E-state index contributed by atoms with van der Waals surface area (Å²) in [6, 6.07) is 6.30. The lowest BCUT2D eigenvalue weighted by Crippen LogP contribution is -2.34. The molecule has 1 unspecified atom stereocenters. The van der Waals surface area contributed by atoms with E-state index >= 15 is 0 Å². The van der Waals surface area contributed by atoms with Crippen molar-refractivity contribution >= 4 is 0 Å². The van der Waals surface area contributed by atoms with Crippen molar-refractivity contribution in [2.75, 3.05) is 20.3 Å². The number of ether oxygens (including phenoxy) is 1. The van der Waals surface area contributed by atoms with Gasteiger partial charge in [-0.1, -0.05) is 30.3 Å². The molecule has 0 spiro atoms. The average molecular weight is 261 g/mol. The van der Waals surface area contributed by atoms with E-state index in [0.717, 1.165) is 6.42 Å². The van der Waals surface area contributed by atoms with Crippen molar-refractivity contribution in [3.8, 4) is 0 Å². The number of rotatable bonds is 7. The Bertz CT molecular complexity index is 327. The van der Waals surface area contributed by atoms with Crippen LogP contribution in [0.1, 0.15) is 24.4 Å². The smallest absolute Gasteiger partial charge is 0.385 e. The summed E-state index contributed by atoms with van der Waals surface area (Å²) in [5, 5.41) is 2.55. The largest absolute Gasteiger partial charge is 0.407 e. The maximum atomic E-state index is 12.9. The van der Waals surface area contributed by atoms with Gasteiger partial charge in [-0.2, -0.15) is 13.2 Å². The number of halogens is 3.